The van der Waals surface area contributed by atoms with Crippen molar-refractivity contribution in [2.45, 2.75) is 0 Å². The van der Waals surface area contributed by atoms with Crippen molar-refractivity contribution in [3.63, 3.8) is 0 Å². The van der Waals surface area contributed by atoms with E-state index in [9.17, 15) is 9.59 Å². The number of aromatic nitrogens is 2. The zero-order valence-corrected chi connectivity index (χ0v) is 11.4. The summed E-state index contributed by atoms with van der Waals surface area (Å²) in [5, 5.41) is 15.2. The van der Waals surface area contributed by atoms with Crippen molar-refractivity contribution in [3.05, 3.63) is 38.8 Å². The van der Waals surface area contributed by atoms with E-state index in [4.69, 9.17) is 28.3 Å². The topological polar surface area (TPSA) is 92.2 Å². The highest BCUT2D eigenvalue weighted by Crippen LogP contribution is 2.30. The summed E-state index contributed by atoms with van der Waals surface area (Å²) in [7, 11) is 0. The Hall–Kier alpha value is -1.70. The fourth-order valence-electron chi connectivity index (χ4n) is 1.31. The average molecular weight is 318 g/mol. The van der Waals surface area contributed by atoms with Crippen molar-refractivity contribution in [1.82, 2.24) is 9.59 Å². The lowest BCUT2D eigenvalue weighted by Crippen LogP contribution is -2.14. The molecule has 1 heterocycles. The average Bonchev–Trinajstić information content (AvgIpc) is 2.85. The molecule has 0 fully saturated rings. The number of nitrogens with zero attached hydrogens (tertiary/aromatic N) is 2. The third-order valence-corrected chi connectivity index (χ3v) is 3.29. The van der Waals surface area contributed by atoms with E-state index in [1.807, 2.05) is 0 Å². The molecule has 1 amide bonds. The molecule has 0 atom stereocenters. The molecule has 2 aromatic rings. The Labute approximate surface area is 121 Å². The smallest absolute Gasteiger partial charge is 0.337 e. The summed E-state index contributed by atoms with van der Waals surface area (Å²) in [6.07, 6.45) is 1.27. The van der Waals surface area contributed by atoms with Crippen molar-refractivity contribution in [3.8, 4) is 0 Å². The number of anilines is 1. The van der Waals surface area contributed by atoms with Gasteiger partial charge in [-0.05, 0) is 23.7 Å². The number of benzene rings is 1. The molecule has 0 aliphatic heterocycles. The second-order valence-electron chi connectivity index (χ2n) is 3.35. The third kappa shape index (κ3) is 3.01. The van der Waals surface area contributed by atoms with E-state index in [2.05, 4.69) is 14.9 Å². The third-order valence-electron chi connectivity index (χ3n) is 2.11. The lowest BCUT2D eigenvalue weighted by atomic mass is 10.1. The lowest BCUT2D eigenvalue weighted by molar-refractivity contribution is 0.0698. The highest BCUT2D eigenvalue weighted by Gasteiger charge is 2.18. The molecule has 19 heavy (non-hydrogen) atoms. The lowest BCUT2D eigenvalue weighted by Gasteiger charge is -2.10. The summed E-state index contributed by atoms with van der Waals surface area (Å²) in [5.74, 6) is -1.79. The molecule has 0 bridgehead atoms. The van der Waals surface area contributed by atoms with Gasteiger partial charge in [0.05, 0.1) is 22.5 Å². The van der Waals surface area contributed by atoms with Crippen LogP contribution in [-0.4, -0.2) is 26.6 Å². The molecule has 0 aliphatic carbocycles. The number of carbonyl (C=O) groups excluding carboxylic acids is 1. The number of rotatable bonds is 3. The summed E-state index contributed by atoms with van der Waals surface area (Å²) in [4.78, 5) is 23.2. The normalized spacial score (nSPS) is 10.2. The molecule has 0 saturated carbocycles. The van der Waals surface area contributed by atoms with Gasteiger partial charge in [-0.2, -0.15) is 0 Å². The molecule has 2 N–H and O–H groups in total. The maximum atomic E-state index is 11.8. The van der Waals surface area contributed by atoms with Crippen LogP contribution in [0.25, 0.3) is 0 Å². The monoisotopic (exact) mass is 317 g/mol. The van der Waals surface area contributed by atoms with Gasteiger partial charge in [-0.25, -0.2) is 4.79 Å². The van der Waals surface area contributed by atoms with Gasteiger partial charge in [0.25, 0.3) is 5.91 Å². The molecule has 98 valence electrons. The quantitative estimate of drug-likeness (QED) is 0.908. The number of carboxylic acids is 1. The molecule has 9 heteroatoms. The van der Waals surface area contributed by atoms with Gasteiger partial charge in [-0.15, -0.1) is 5.10 Å². The second kappa shape index (κ2) is 5.52. The molecule has 0 saturated heterocycles. The summed E-state index contributed by atoms with van der Waals surface area (Å²) in [5.41, 5.74) is -0.208. The molecule has 1 aromatic carbocycles. The van der Waals surface area contributed by atoms with Gasteiger partial charge in [0.1, 0.15) is 4.88 Å². The van der Waals surface area contributed by atoms with Gasteiger partial charge >= 0.3 is 5.97 Å². The second-order valence-corrected chi connectivity index (χ2v) is 4.98. The molecule has 2 rings (SSSR count). The minimum atomic E-state index is -1.25. The van der Waals surface area contributed by atoms with E-state index in [0.717, 1.165) is 11.5 Å². The largest absolute Gasteiger partial charge is 0.478 e. The van der Waals surface area contributed by atoms with Crippen LogP contribution in [0.15, 0.2) is 18.3 Å². The van der Waals surface area contributed by atoms with Crippen LogP contribution in [0.1, 0.15) is 20.0 Å². The first-order valence-corrected chi connectivity index (χ1v) is 6.33. The zero-order chi connectivity index (χ0) is 14.0. The van der Waals surface area contributed by atoms with E-state index in [0.29, 0.717) is 0 Å². The van der Waals surface area contributed by atoms with Crippen LogP contribution >= 0.6 is 34.7 Å². The van der Waals surface area contributed by atoms with Crippen molar-refractivity contribution in [2.75, 3.05) is 5.32 Å². The number of halogens is 2. The minimum absolute atomic E-state index is 0.0167. The maximum absolute atomic E-state index is 11.8. The Morgan fingerprint density at radius 2 is 2.05 bits per heavy atom. The molecular weight excluding hydrogens is 313 g/mol. The summed E-state index contributed by atoms with van der Waals surface area (Å²) in [6, 6.07) is 2.55. The summed E-state index contributed by atoms with van der Waals surface area (Å²) < 4.78 is 3.54. The van der Waals surface area contributed by atoms with E-state index in [1.54, 1.807) is 0 Å². The van der Waals surface area contributed by atoms with Gasteiger partial charge in [0.15, 0.2) is 0 Å². The van der Waals surface area contributed by atoms with Crippen LogP contribution in [0.4, 0.5) is 5.69 Å². The highest BCUT2D eigenvalue weighted by atomic mass is 35.5. The molecule has 0 aliphatic rings. The van der Waals surface area contributed by atoms with E-state index >= 15 is 0 Å². The van der Waals surface area contributed by atoms with E-state index < -0.39 is 11.9 Å². The first-order valence-electron chi connectivity index (χ1n) is 4.80. The maximum Gasteiger partial charge on any atom is 0.337 e. The number of carboxylic acid groups (broad SMARTS) is 1. The van der Waals surface area contributed by atoms with Gasteiger partial charge in [0.2, 0.25) is 0 Å². The van der Waals surface area contributed by atoms with Crippen molar-refractivity contribution in [2.24, 2.45) is 0 Å². The van der Waals surface area contributed by atoms with Crippen LogP contribution in [0.3, 0.4) is 0 Å². The Kier molecular flexibility index (Phi) is 3.98. The van der Waals surface area contributed by atoms with Crippen molar-refractivity contribution >= 4 is 52.3 Å². The number of amides is 1. The number of nitrogens with one attached hydrogen (secondary N) is 1. The van der Waals surface area contributed by atoms with Crippen LogP contribution in [-0.2, 0) is 0 Å². The predicted octanol–water partition coefficient (Wildman–Crippen LogP) is 2.80. The fourth-order valence-corrected chi connectivity index (χ4v) is 2.26. The molecule has 1 aromatic heterocycles. The number of aromatic carboxylic acids is 1. The van der Waals surface area contributed by atoms with Gasteiger partial charge in [-0.1, -0.05) is 27.7 Å². The van der Waals surface area contributed by atoms with Crippen LogP contribution < -0.4 is 5.32 Å². The van der Waals surface area contributed by atoms with E-state index in [1.165, 1.54) is 18.3 Å². The first kappa shape index (κ1) is 13.7. The number of carbonyl (C=O) groups is 2. The Morgan fingerprint density at radius 3 is 2.63 bits per heavy atom. The van der Waals surface area contributed by atoms with E-state index in [-0.39, 0.29) is 26.2 Å². The van der Waals surface area contributed by atoms with Crippen LogP contribution in [0.2, 0.25) is 10.0 Å². The SMILES string of the molecule is O=C(Nc1c(Cl)cc(Cl)cc1C(=O)O)c1cnns1. The van der Waals surface area contributed by atoms with Gasteiger partial charge in [0, 0.05) is 5.02 Å². The Morgan fingerprint density at radius 1 is 1.32 bits per heavy atom. The molecule has 6 nitrogen and oxygen atoms in total. The van der Waals surface area contributed by atoms with Crippen LogP contribution in [0, 0.1) is 0 Å². The van der Waals surface area contributed by atoms with Crippen LogP contribution in [0.5, 0.6) is 0 Å². The highest BCUT2D eigenvalue weighted by molar-refractivity contribution is 7.07. The number of hydrogen-bond acceptors (Lipinski definition) is 5. The Bertz CT molecular complexity index is 646. The molecule has 0 spiro atoms. The fraction of sp³-hybridized carbons (Fsp3) is 0. The van der Waals surface area contributed by atoms with Crippen molar-refractivity contribution < 1.29 is 14.7 Å². The summed E-state index contributed by atoms with van der Waals surface area (Å²) in [6.45, 7) is 0. The Balaban J connectivity index is 2.39. The van der Waals surface area contributed by atoms with Gasteiger partial charge in [-0.3, -0.25) is 4.79 Å². The first-order chi connectivity index (χ1) is 8.99. The molecular formula is C10H5Cl2N3O3S. The molecule has 0 radical (unpaired) electrons. The summed E-state index contributed by atoms with van der Waals surface area (Å²) >= 11 is 12.5. The predicted molar refractivity (Wildman–Crippen MR) is 71.3 cm³/mol. The number of hydrogen-bond donors (Lipinski definition) is 2. The van der Waals surface area contributed by atoms with Crippen molar-refractivity contribution in [1.29, 1.82) is 0 Å². The van der Waals surface area contributed by atoms with Gasteiger partial charge < -0.3 is 10.4 Å². The zero-order valence-electron chi connectivity index (χ0n) is 9.05. The molecule has 0 unspecified atom stereocenters. The minimum Gasteiger partial charge on any atom is -0.478 e. The standard InChI is InChI=1S/C10H5Cl2N3O3S/c11-4-1-5(10(17)18)8(6(12)2-4)14-9(16)7-3-13-15-19-7/h1-3H,(H,14,16)(H,17,18).